The van der Waals surface area contributed by atoms with Crippen molar-refractivity contribution in [3.05, 3.63) is 80.5 Å². The number of hydrogen-bond acceptors (Lipinski definition) is 6. The summed E-state index contributed by atoms with van der Waals surface area (Å²) in [6.07, 6.45) is 1.02. The fraction of sp³-hybridized carbons (Fsp3) is 0.346. The smallest absolute Gasteiger partial charge is 0.330 e. The number of ether oxygens (including phenoxy) is 2. The average molecular weight is 481 g/mol. The Bertz CT molecular complexity index is 1280. The van der Waals surface area contributed by atoms with Crippen molar-refractivity contribution in [1.82, 2.24) is 9.55 Å². The van der Waals surface area contributed by atoms with Gasteiger partial charge in [-0.1, -0.05) is 50.2 Å². The number of hydrogen-bond donors (Lipinski definition) is 2. The predicted octanol–water partition coefficient (Wildman–Crippen LogP) is 2.81. The van der Waals surface area contributed by atoms with Crippen LogP contribution in [0.5, 0.6) is 11.5 Å². The summed E-state index contributed by atoms with van der Waals surface area (Å²) in [4.78, 5) is 42.6. The first-order valence-corrected chi connectivity index (χ1v) is 11.5. The summed E-state index contributed by atoms with van der Waals surface area (Å²) in [6.45, 7) is 4.06. The second-order valence-electron chi connectivity index (χ2n) is 8.30. The van der Waals surface area contributed by atoms with Crippen LogP contribution in [0.3, 0.4) is 0 Å². The summed E-state index contributed by atoms with van der Waals surface area (Å²) in [7, 11) is 3.11. The minimum atomic E-state index is -0.694. The van der Waals surface area contributed by atoms with Gasteiger partial charge >= 0.3 is 5.69 Å². The normalized spacial score (nSPS) is 11.7. The molecule has 0 spiro atoms. The number of aromatic amines is 1. The average Bonchev–Trinajstić information content (AvgIpc) is 2.87. The van der Waals surface area contributed by atoms with Crippen LogP contribution in [0.4, 0.5) is 11.5 Å². The van der Waals surface area contributed by atoms with Gasteiger partial charge in [-0.05, 0) is 36.1 Å². The fourth-order valence-corrected chi connectivity index (χ4v) is 3.81. The number of amides is 1. The SMILES string of the molecule is CCC(C)C(=O)N(CCc1ccc(OC)c(OC)c1)c1c(N)n(Cc2ccccc2)c(=O)[nH]c1=O. The highest BCUT2D eigenvalue weighted by molar-refractivity contribution is 5.96. The highest BCUT2D eigenvalue weighted by atomic mass is 16.5. The molecule has 3 aromatic rings. The molecule has 0 bridgehead atoms. The molecule has 1 atom stereocenters. The van der Waals surface area contributed by atoms with Crippen molar-refractivity contribution < 1.29 is 14.3 Å². The van der Waals surface area contributed by atoms with Gasteiger partial charge in [-0.2, -0.15) is 0 Å². The lowest BCUT2D eigenvalue weighted by Gasteiger charge is -2.27. The number of methoxy groups -OCH3 is 2. The number of nitrogens with two attached hydrogens (primary N) is 1. The molecular weight excluding hydrogens is 448 g/mol. The van der Waals surface area contributed by atoms with Crippen molar-refractivity contribution in [3.8, 4) is 11.5 Å². The van der Waals surface area contributed by atoms with Gasteiger partial charge in [0.05, 0.1) is 20.8 Å². The van der Waals surface area contributed by atoms with Gasteiger partial charge < -0.3 is 20.1 Å². The predicted molar refractivity (Wildman–Crippen MR) is 136 cm³/mol. The van der Waals surface area contributed by atoms with E-state index in [1.165, 1.54) is 9.47 Å². The Labute approximate surface area is 204 Å². The Balaban J connectivity index is 2.02. The first-order valence-electron chi connectivity index (χ1n) is 11.5. The molecule has 0 saturated heterocycles. The third kappa shape index (κ3) is 5.74. The van der Waals surface area contributed by atoms with E-state index in [4.69, 9.17) is 15.2 Å². The van der Waals surface area contributed by atoms with Crippen molar-refractivity contribution >= 4 is 17.4 Å². The largest absolute Gasteiger partial charge is 0.493 e. The molecule has 1 unspecified atom stereocenters. The minimum Gasteiger partial charge on any atom is -0.493 e. The van der Waals surface area contributed by atoms with Crippen molar-refractivity contribution in [2.45, 2.75) is 33.2 Å². The summed E-state index contributed by atoms with van der Waals surface area (Å²) in [5, 5.41) is 0. The van der Waals surface area contributed by atoms with E-state index in [0.717, 1.165) is 11.1 Å². The molecule has 186 valence electrons. The van der Waals surface area contributed by atoms with Crippen LogP contribution in [-0.2, 0) is 17.8 Å². The number of nitrogens with one attached hydrogen (secondary N) is 1. The van der Waals surface area contributed by atoms with Gasteiger partial charge in [-0.3, -0.25) is 19.1 Å². The molecule has 3 rings (SSSR count). The lowest BCUT2D eigenvalue weighted by Crippen LogP contribution is -2.44. The van der Waals surface area contributed by atoms with Gasteiger partial charge in [0.2, 0.25) is 5.91 Å². The van der Waals surface area contributed by atoms with Crippen LogP contribution in [0.2, 0.25) is 0 Å². The third-order valence-corrected chi connectivity index (χ3v) is 6.04. The van der Waals surface area contributed by atoms with Crippen molar-refractivity contribution in [2.75, 3.05) is 31.4 Å². The van der Waals surface area contributed by atoms with Gasteiger partial charge in [0.25, 0.3) is 5.56 Å². The van der Waals surface area contributed by atoms with E-state index in [2.05, 4.69) is 4.98 Å². The van der Waals surface area contributed by atoms with Gasteiger partial charge in [0.1, 0.15) is 5.82 Å². The first-order chi connectivity index (χ1) is 16.8. The van der Waals surface area contributed by atoms with Crippen LogP contribution in [0.25, 0.3) is 0 Å². The minimum absolute atomic E-state index is 0.0219. The molecule has 2 aromatic carbocycles. The van der Waals surface area contributed by atoms with Crippen molar-refractivity contribution in [2.24, 2.45) is 5.92 Å². The zero-order valence-electron chi connectivity index (χ0n) is 20.5. The number of benzene rings is 2. The molecule has 35 heavy (non-hydrogen) atoms. The highest BCUT2D eigenvalue weighted by Gasteiger charge is 2.27. The summed E-state index contributed by atoms with van der Waals surface area (Å²) in [6, 6.07) is 14.8. The lowest BCUT2D eigenvalue weighted by atomic mass is 10.1. The monoisotopic (exact) mass is 480 g/mol. The van der Waals surface area contributed by atoms with Crippen LogP contribution in [0, 0.1) is 5.92 Å². The zero-order valence-corrected chi connectivity index (χ0v) is 20.5. The molecule has 0 radical (unpaired) electrons. The third-order valence-electron chi connectivity index (χ3n) is 6.04. The second kappa shape index (κ2) is 11.4. The van der Waals surface area contributed by atoms with Crippen LogP contribution in [-0.4, -0.2) is 36.2 Å². The quantitative estimate of drug-likeness (QED) is 0.461. The summed E-state index contributed by atoms with van der Waals surface area (Å²) >= 11 is 0. The van der Waals surface area contributed by atoms with Gasteiger partial charge in [0, 0.05) is 12.5 Å². The van der Waals surface area contributed by atoms with E-state index in [1.807, 2.05) is 49.4 Å². The van der Waals surface area contributed by atoms with E-state index < -0.39 is 11.2 Å². The topological polar surface area (TPSA) is 120 Å². The number of rotatable bonds is 10. The Morgan fingerprint density at radius 3 is 2.37 bits per heavy atom. The van der Waals surface area contributed by atoms with Crippen molar-refractivity contribution in [1.29, 1.82) is 0 Å². The number of anilines is 2. The van der Waals surface area contributed by atoms with E-state index in [-0.39, 0.29) is 36.4 Å². The summed E-state index contributed by atoms with van der Waals surface area (Å²) in [5.41, 5.74) is 6.76. The fourth-order valence-electron chi connectivity index (χ4n) is 3.81. The van der Waals surface area contributed by atoms with Crippen LogP contribution < -0.4 is 31.4 Å². The molecule has 0 aliphatic rings. The number of nitrogen functional groups attached to an aromatic ring is 1. The number of aromatic nitrogens is 2. The molecular formula is C26H32N4O5. The summed E-state index contributed by atoms with van der Waals surface area (Å²) < 4.78 is 11.9. The molecule has 9 nitrogen and oxygen atoms in total. The lowest BCUT2D eigenvalue weighted by molar-refractivity contribution is -0.122. The standard InChI is InChI=1S/C26H32N4O5/c1-5-17(2)25(32)29(14-13-18-11-12-20(34-3)21(15-18)35-4)22-23(27)30(26(33)28-24(22)31)16-19-9-7-6-8-10-19/h6-12,15,17H,5,13-14,16,27H2,1-4H3,(H,28,31,33). The first kappa shape index (κ1) is 25.6. The molecule has 0 aliphatic carbocycles. The number of carbonyl (C=O) groups excluding carboxylic acids is 1. The Morgan fingerprint density at radius 1 is 1.06 bits per heavy atom. The summed E-state index contributed by atoms with van der Waals surface area (Å²) in [5.74, 6) is 0.534. The zero-order chi connectivity index (χ0) is 25.5. The van der Waals surface area contributed by atoms with E-state index in [1.54, 1.807) is 27.2 Å². The maximum atomic E-state index is 13.4. The molecule has 1 amide bonds. The van der Waals surface area contributed by atoms with Gasteiger partial charge in [0.15, 0.2) is 17.2 Å². The number of H-pyrrole nitrogens is 1. The molecule has 0 fully saturated rings. The van der Waals surface area contributed by atoms with Crippen LogP contribution >= 0.6 is 0 Å². The maximum Gasteiger partial charge on any atom is 0.330 e. The molecule has 0 aliphatic heterocycles. The molecule has 0 saturated carbocycles. The van der Waals surface area contributed by atoms with E-state index in [9.17, 15) is 14.4 Å². The van der Waals surface area contributed by atoms with Crippen LogP contribution in [0.15, 0.2) is 58.1 Å². The van der Waals surface area contributed by atoms with Gasteiger partial charge in [-0.15, -0.1) is 0 Å². The highest BCUT2D eigenvalue weighted by Crippen LogP contribution is 2.28. The Morgan fingerprint density at radius 2 is 1.74 bits per heavy atom. The molecule has 1 heterocycles. The Hall–Kier alpha value is -4.01. The molecule has 9 heteroatoms. The molecule has 1 aromatic heterocycles. The van der Waals surface area contributed by atoms with E-state index in [0.29, 0.717) is 24.3 Å². The number of nitrogens with zero attached hydrogens (tertiary/aromatic N) is 2. The molecule has 3 N–H and O–H groups in total. The van der Waals surface area contributed by atoms with Gasteiger partial charge in [-0.25, -0.2) is 4.79 Å². The van der Waals surface area contributed by atoms with Crippen LogP contribution in [0.1, 0.15) is 31.4 Å². The maximum absolute atomic E-state index is 13.4. The second-order valence-corrected chi connectivity index (χ2v) is 8.30. The Kier molecular flexibility index (Phi) is 8.35. The van der Waals surface area contributed by atoms with Crippen molar-refractivity contribution in [3.63, 3.8) is 0 Å². The van der Waals surface area contributed by atoms with E-state index >= 15 is 0 Å². The number of carbonyl (C=O) groups is 1.